The predicted octanol–water partition coefficient (Wildman–Crippen LogP) is 4.87. The number of hydrogen-bond acceptors (Lipinski definition) is 2. The van der Waals surface area contributed by atoms with Crippen molar-refractivity contribution in [1.82, 2.24) is 0 Å². The molecule has 3 atom stereocenters. The summed E-state index contributed by atoms with van der Waals surface area (Å²) in [5.41, 5.74) is 11.6. The Labute approximate surface area is 153 Å². The van der Waals surface area contributed by atoms with Crippen molar-refractivity contribution in [3.63, 3.8) is 0 Å². The molecule has 25 heavy (non-hydrogen) atoms. The second-order valence-corrected chi connectivity index (χ2v) is 8.81. The largest absolute Gasteiger partial charge is 0.481 e. The minimum atomic E-state index is -0.833. The zero-order chi connectivity index (χ0) is 18.8. The van der Waals surface area contributed by atoms with E-state index >= 15 is 0 Å². The fraction of sp³-hybridized carbons (Fsp3) is 0.682. The smallest absolute Gasteiger partial charge is 0.300 e. The molecule has 0 heterocycles. The molecule has 1 aromatic rings. The van der Waals surface area contributed by atoms with E-state index < -0.39 is 5.97 Å². The summed E-state index contributed by atoms with van der Waals surface area (Å²) >= 11 is 0. The van der Waals surface area contributed by atoms with E-state index in [9.17, 15) is 0 Å². The minimum absolute atomic E-state index is 0.335. The average Bonchev–Trinajstić information content (AvgIpc) is 2.53. The van der Waals surface area contributed by atoms with E-state index in [0.717, 1.165) is 19.4 Å². The molecule has 3 heteroatoms. The summed E-state index contributed by atoms with van der Waals surface area (Å²) in [5.74, 6) is 0.544. The monoisotopic (exact) mass is 345 g/mol. The van der Waals surface area contributed by atoms with Gasteiger partial charge in [0.15, 0.2) is 0 Å². The topological polar surface area (TPSA) is 63.3 Å². The van der Waals surface area contributed by atoms with Crippen LogP contribution in [0.25, 0.3) is 0 Å². The fourth-order valence-electron chi connectivity index (χ4n) is 5.25. The fourth-order valence-corrected chi connectivity index (χ4v) is 5.25. The molecule has 1 aromatic carbocycles. The Morgan fingerprint density at radius 3 is 2.52 bits per heavy atom. The number of hydrogen-bond donors (Lipinski definition) is 2. The van der Waals surface area contributed by atoms with Crippen LogP contribution in [0.3, 0.4) is 0 Å². The number of aliphatic carboxylic acids is 1. The summed E-state index contributed by atoms with van der Waals surface area (Å²) < 4.78 is 0. The van der Waals surface area contributed by atoms with E-state index in [0.29, 0.717) is 16.7 Å². The van der Waals surface area contributed by atoms with Gasteiger partial charge in [-0.2, -0.15) is 0 Å². The van der Waals surface area contributed by atoms with Gasteiger partial charge in [-0.25, -0.2) is 0 Å². The number of aryl methyl sites for hydroxylation is 1. The van der Waals surface area contributed by atoms with E-state index in [-0.39, 0.29) is 0 Å². The van der Waals surface area contributed by atoms with Crippen molar-refractivity contribution in [3.05, 3.63) is 34.9 Å². The van der Waals surface area contributed by atoms with Gasteiger partial charge in [-0.05, 0) is 71.6 Å². The van der Waals surface area contributed by atoms with Crippen LogP contribution < -0.4 is 5.73 Å². The van der Waals surface area contributed by atoms with Crippen molar-refractivity contribution in [2.75, 3.05) is 6.54 Å². The second-order valence-electron chi connectivity index (χ2n) is 8.81. The Hall–Kier alpha value is -1.35. The molecule has 3 nitrogen and oxygen atoms in total. The van der Waals surface area contributed by atoms with E-state index in [1.54, 1.807) is 11.1 Å². The number of carboxylic acids is 1. The first-order valence-electron chi connectivity index (χ1n) is 9.67. The normalized spacial score (nSPS) is 30.8. The molecule has 1 fully saturated rings. The number of carbonyl (C=O) groups is 1. The summed E-state index contributed by atoms with van der Waals surface area (Å²) in [6, 6.07) is 7.29. The minimum Gasteiger partial charge on any atom is -0.481 e. The first kappa shape index (κ1) is 20.0. The summed E-state index contributed by atoms with van der Waals surface area (Å²) in [6.45, 7) is 11.5. The van der Waals surface area contributed by atoms with E-state index in [2.05, 4.69) is 45.9 Å². The maximum Gasteiger partial charge on any atom is 0.300 e. The maximum atomic E-state index is 9.00. The zero-order valence-corrected chi connectivity index (χ0v) is 16.6. The first-order chi connectivity index (χ1) is 11.6. The maximum absolute atomic E-state index is 9.00. The van der Waals surface area contributed by atoms with Crippen molar-refractivity contribution >= 4 is 5.97 Å². The number of carboxylic acid groups (broad SMARTS) is 1. The molecule has 2 aliphatic rings. The predicted molar refractivity (Wildman–Crippen MR) is 104 cm³/mol. The number of benzene rings is 1. The van der Waals surface area contributed by atoms with Crippen LogP contribution in [0.15, 0.2) is 18.2 Å². The van der Waals surface area contributed by atoms with Gasteiger partial charge < -0.3 is 10.8 Å². The van der Waals surface area contributed by atoms with Crippen molar-refractivity contribution in [2.24, 2.45) is 17.1 Å². The molecule has 1 saturated carbocycles. The number of fused-ring (bicyclic) bond motifs is 3. The van der Waals surface area contributed by atoms with Gasteiger partial charge in [0.05, 0.1) is 0 Å². The van der Waals surface area contributed by atoms with Gasteiger partial charge in [0.2, 0.25) is 0 Å². The standard InChI is InChI=1S/C20H31N.C2H4O2/c1-14(2)15-6-8-17-16(12-15)7-9-18-19(3,13-21)10-5-11-20(17,18)4;1-2(3)4/h6,8,12,14,18H,5,7,9-11,13,21H2,1-4H3;1H3,(H,3,4)/t18-,19+,20+;/m0./s1. The van der Waals surface area contributed by atoms with Gasteiger partial charge in [0.25, 0.3) is 5.97 Å². The molecular weight excluding hydrogens is 310 g/mol. The molecule has 0 saturated heterocycles. The highest BCUT2D eigenvalue weighted by Gasteiger charge is 2.50. The van der Waals surface area contributed by atoms with Crippen LogP contribution in [0.1, 0.15) is 82.9 Å². The Kier molecular flexibility index (Phi) is 5.98. The molecule has 140 valence electrons. The third kappa shape index (κ3) is 3.92. The van der Waals surface area contributed by atoms with Crippen LogP contribution in [0.4, 0.5) is 0 Å². The summed E-state index contributed by atoms with van der Waals surface area (Å²) in [4.78, 5) is 9.00. The van der Waals surface area contributed by atoms with Crippen LogP contribution in [-0.4, -0.2) is 17.6 Å². The molecule has 2 aliphatic carbocycles. The molecular formula is C22H35NO2. The molecule has 0 radical (unpaired) electrons. The SMILES string of the molecule is CC(=O)O.CC(C)c1ccc2c(c1)CC[C@H]1[C@@](C)(CN)CCC[C@]21C. The lowest BCUT2D eigenvalue weighted by atomic mass is 9.50. The highest BCUT2D eigenvalue weighted by atomic mass is 16.4. The lowest BCUT2D eigenvalue weighted by Gasteiger charge is -2.55. The lowest BCUT2D eigenvalue weighted by Crippen LogP contribution is -2.51. The molecule has 0 aliphatic heterocycles. The average molecular weight is 346 g/mol. The van der Waals surface area contributed by atoms with Crippen LogP contribution in [0.5, 0.6) is 0 Å². The van der Waals surface area contributed by atoms with Crippen LogP contribution in [0.2, 0.25) is 0 Å². The van der Waals surface area contributed by atoms with E-state index in [1.165, 1.54) is 37.7 Å². The van der Waals surface area contributed by atoms with Gasteiger partial charge in [-0.1, -0.05) is 52.3 Å². The van der Waals surface area contributed by atoms with Crippen LogP contribution in [-0.2, 0) is 16.6 Å². The quantitative estimate of drug-likeness (QED) is 0.804. The zero-order valence-electron chi connectivity index (χ0n) is 16.6. The Bertz CT molecular complexity index is 620. The van der Waals surface area contributed by atoms with Gasteiger partial charge in [-0.15, -0.1) is 0 Å². The van der Waals surface area contributed by atoms with E-state index in [1.807, 2.05) is 0 Å². The van der Waals surface area contributed by atoms with Crippen LogP contribution in [0, 0.1) is 11.3 Å². The number of rotatable bonds is 2. The molecule has 0 bridgehead atoms. The molecule has 0 aromatic heterocycles. The molecule has 0 unspecified atom stereocenters. The Morgan fingerprint density at radius 2 is 1.96 bits per heavy atom. The molecule has 0 spiro atoms. The number of nitrogens with two attached hydrogens (primary N) is 1. The lowest BCUT2D eigenvalue weighted by molar-refractivity contribution is -0.134. The summed E-state index contributed by atoms with van der Waals surface area (Å²) in [7, 11) is 0. The molecule has 0 amide bonds. The van der Waals surface area contributed by atoms with Crippen LogP contribution >= 0.6 is 0 Å². The second kappa shape index (κ2) is 7.49. The highest BCUT2D eigenvalue weighted by Crippen LogP contribution is 2.56. The van der Waals surface area contributed by atoms with Gasteiger partial charge >= 0.3 is 0 Å². The third-order valence-electron chi connectivity index (χ3n) is 6.63. The molecule has 3 rings (SSSR count). The van der Waals surface area contributed by atoms with Crippen molar-refractivity contribution < 1.29 is 9.90 Å². The van der Waals surface area contributed by atoms with Crippen molar-refractivity contribution in [3.8, 4) is 0 Å². The van der Waals surface area contributed by atoms with Gasteiger partial charge in [0.1, 0.15) is 0 Å². The Morgan fingerprint density at radius 1 is 1.32 bits per heavy atom. The van der Waals surface area contributed by atoms with Gasteiger partial charge in [0, 0.05) is 6.92 Å². The Balaban J connectivity index is 0.000000511. The third-order valence-corrected chi connectivity index (χ3v) is 6.63. The first-order valence-corrected chi connectivity index (χ1v) is 9.67. The summed E-state index contributed by atoms with van der Waals surface area (Å²) in [6.07, 6.45) is 6.53. The van der Waals surface area contributed by atoms with Crippen molar-refractivity contribution in [2.45, 2.75) is 78.1 Å². The van der Waals surface area contributed by atoms with Gasteiger partial charge in [-0.3, -0.25) is 4.79 Å². The highest BCUT2D eigenvalue weighted by molar-refractivity contribution is 5.62. The molecule has 3 N–H and O–H groups in total. The summed E-state index contributed by atoms with van der Waals surface area (Å²) in [5, 5.41) is 7.42. The van der Waals surface area contributed by atoms with Crippen molar-refractivity contribution in [1.29, 1.82) is 0 Å². The van der Waals surface area contributed by atoms with E-state index in [4.69, 9.17) is 15.6 Å².